The van der Waals surface area contributed by atoms with Crippen molar-refractivity contribution in [3.8, 4) is 0 Å². The molecule has 2 rings (SSSR count). The summed E-state index contributed by atoms with van der Waals surface area (Å²) in [5, 5.41) is 2.08. The van der Waals surface area contributed by atoms with Crippen LogP contribution in [0.2, 0.25) is 0 Å². The molecule has 0 aliphatic carbocycles. The molecule has 5 nitrogen and oxygen atoms in total. The number of nitrogens with one attached hydrogen (secondary N) is 1. The Kier molecular flexibility index (Phi) is 6.19. The van der Waals surface area contributed by atoms with Gasteiger partial charge in [0.2, 0.25) is 0 Å². The van der Waals surface area contributed by atoms with E-state index in [-0.39, 0.29) is 5.56 Å². The third-order valence-electron chi connectivity index (χ3n) is 3.34. The standard InChI is InChI=1S/C18H17F2NO4/c1-11(17(22)21-16-14(19)7-4-8-15(16)20)25-18(23)13-6-3-5-12(9-13)10-24-2/h3-9,11H,10H2,1-2H3,(H,21,22)/t11-/m1/s1. The fraction of sp³-hybridized carbons (Fsp3) is 0.222. The molecule has 0 unspecified atom stereocenters. The van der Waals surface area contributed by atoms with Crippen molar-refractivity contribution in [3.05, 3.63) is 65.2 Å². The van der Waals surface area contributed by atoms with Crippen molar-refractivity contribution in [1.29, 1.82) is 0 Å². The Bertz CT molecular complexity index is 759. The van der Waals surface area contributed by atoms with E-state index in [1.165, 1.54) is 26.2 Å². The predicted octanol–water partition coefficient (Wildman–Crippen LogP) is 3.30. The van der Waals surface area contributed by atoms with Gasteiger partial charge in [-0.15, -0.1) is 0 Å². The number of esters is 1. The maximum Gasteiger partial charge on any atom is 0.338 e. The summed E-state index contributed by atoms with van der Waals surface area (Å²) in [6, 6.07) is 9.74. The Morgan fingerprint density at radius 2 is 1.76 bits per heavy atom. The van der Waals surface area contributed by atoms with Crippen LogP contribution in [0.4, 0.5) is 14.5 Å². The molecular weight excluding hydrogens is 332 g/mol. The first-order valence-corrected chi connectivity index (χ1v) is 7.46. The topological polar surface area (TPSA) is 64.6 Å². The molecule has 0 saturated heterocycles. The van der Waals surface area contributed by atoms with E-state index >= 15 is 0 Å². The van der Waals surface area contributed by atoms with Gasteiger partial charge in [-0.3, -0.25) is 4.79 Å². The molecule has 7 heteroatoms. The van der Waals surface area contributed by atoms with Crippen molar-refractivity contribution in [3.63, 3.8) is 0 Å². The summed E-state index contributed by atoms with van der Waals surface area (Å²) < 4.78 is 37.1. The zero-order chi connectivity index (χ0) is 18.4. The van der Waals surface area contributed by atoms with E-state index in [0.29, 0.717) is 6.61 Å². The van der Waals surface area contributed by atoms with E-state index in [4.69, 9.17) is 9.47 Å². The summed E-state index contributed by atoms with van der Waals surface area (Å²) in [6.07, 6.45) is -1.24. The Balaban J connectivity index is 2.03. The third-order valence-corrected chi connectivity index (χ3v) is 3.34. The van der Waals surface area contributed by atoms with Gasteiger partial charge in [0, 0.05) is 7.11 Å². The van der Waals surface area contributed by atoms with Crippen molar-refractivity contribution < 1.29 is 27.8 Å². The number of anilines is 1. The minimum atomic E-state index is -1.24. The molecule has 1 N–H and O–H groups in total. The molecule has 25 heavy (non-hydrogen) atoms. The largest absolute Gasteiger partial charge is 0.449 e. The van der Waals surface area contributed by atoms with Crippen LogP contribution in [0.1, 0.15) is 22.8 Å². The molecule has 0 fully saturated rings. The van der Waals surface area contributed by atoms with Gasteiger partial charge in [-0.1, -0.05) is 18.2 Å². The molecule has 0 aliphatic rings. The number of amides is 1. The molecule has 2 aromatic rings. The summed E-state index contributed by atoms with van der Waals surface area (Å²) in [4.78, 5) is 24.1. The highest BCUT2D eigenvalue weighted by Crippen LogP contribution is 2.18. The lowest BCUT2D eigenvalue weighted by Gasteiger charge is -2.14. The molecule has 132 valence electrons. The molecule has 1 amide bonds. The number of para-hydroxylation sites is 1. The second kappa shape index (κ2) is 8.34. The van der Waals surface area contributed by atoms with Crippen molar-refractivity contribution in [2.45, 2.75) is 19.6 Å². The van der Waals surface area contributed by atoms with Crippen LogP contribution in [0.15, 0.2) is 42.5 Å². The van der Waals surface area contributed by atoms with Crippen molar-refractivity contribution in [2.24, 2.45) is 0 Å². The van der Waals surface area contributed by atoms with Crippen LogP contribution in [0.5, 0.6) is 0 Å². The first-order chi connectivity index (χ1) is 11.9. The zero-order valence-corrected chi connectivity index (χ0v) is 13.7. The van der Waals surface area contributed by atoms with Crippen molar-refractivity contribution in [2.75, 3.05) is 12.4 Å². The average molecular weight is 349 g/mol. The average Bonchev–Trinajstić information content (AvgIpc) is 2.58. The van der Waals surface area contributed by atoms with E-state index in [9.17, 15) is 18.4 Å². The maximum atomic E-state index is 13.5. The Morgan fingerprint density at radius 1 is 1.12 bits per heavy atom. The first kappa shape index (κ1) is 18.5. The number of hydrogen-bond donors (Lipinski definition) is 1. The fourth-order valence-electron chi connectivity index (χ4n) is 2.08. The second-order valence-corrected chi connectivity index (χ2v) is 5.27. The predicted molar refractivity (Wildman–Crippen MR) is 87.0 cm³/mol. The first-order valence-electron chi connectivity index (χ1n) is 7.46. The third kappa shape index (κ3) is 4.84. The van der Waals surface area contributed by atoms with Gasteiger partial charge in [-0.2, -0.15) is 0 Å². The lowest BCUT2D eigenvalue weighted by Crippen LogP contribution is -2.30. The quantitative estimate of drug-likeness (QED) is 0.813. The molecule has 2 aromatic carbocycles. The zero-order valence-electron chi connectivity index (χ0n) is 13.7. The molecule has 0 spiro atoms. The smallest absolute Gasteiger partial charge is 0.338 e. The molecule has 1 atom stereocenters. The van der Waals surface area contributed by atoms with E-state index in [0.717, 1.165) is 17.7 Å². The van der Waals surface area contributed by atoms with Crippen molar-refractivity contribution in [1.82, 2.24) is 0 Å². The summed E-state index contributed by atoms with van der Waals surface area (Å²) in [6.45, 7) is 1.63. The fourth-order valence-corrected chi connectivity index (χ4v) is 2.08. The lowest BCUT2D eigenvalue weighted by molar-refractivity contribution is -0.123. The number of rotatable bonds is 6. The van der Waals surface area contributed by atoms with Gasteiger partial charge in [-0.25, -0.2) is 13.6 Å². The molecule has 0 aromatic heterocycles. The monoisotopic (exact) mass is 349 g/mol. The van der Waals surface area contributed by atoms with Crippen LogP contribution in [-0.2, 0) is 20.9 Å². The number of carbonyl (C=O) groups is 2. The summed E-state index contributed by atoms with van der Waals surface area (Å²) >= 11 is 0. The Morgan fingerprint density at radius 3 is 2.40 bits per heavy atom. The Labute approximate surface area is 143 Å². The normalized spacial score (nSPS) is 11.7. The number of carbonyl (C=O) groups excluding carboxylic acids is 2. The van der Waals surface area contributed by atoms with Gasteiger partial charge in [0.25, 0.3) is 5.91 Å². The lowest BCUT2D eigenvalue weighted by atomic mass is 10.1. The van der Waals surface area contributed by atoms with Gasteiger partial charge < -0.3 is 14.8 Å². The van der Waals surface area contributed by atoms with Crippen LogP contribution in [0.3, 0.4) is 0 Å². The molecule has 0 heterocycles. The second-order valence-electron chi connectivity index (χ2n) is 5.27. The highest BCUT2D eigenvalue weighted by atomic mass is 19.1. The van der Waals surface area contributed by atoms with E-state index < -0.39 is 35.3 Å². The van der Waals surface area contributed by atoms with Crippen LogP contribution in [0, 0.1) is 11.6 Å². The molecular formula is C18H17F2NO4. The Hall–Kier alpha value is -2.80. The van der Waals surface area contributed by atoms with E-state index in [1.54, 1.807) is 18.2 Å². The number of benzene rings is 2. The highest BCUT2D eigenvalue weighted by Gasteiger charge is 2.21. The van der Waals surface area contributed by atoms with Crippen LogP contribution >= 0.6 is 0 Å². The highest BCUT2D eigenvalue weighted by molar-refractivity contribution is 5.97. The minimum absolute atomic E-state index is 0.242. The summed E-state index contributed by atoms with van der Waals surface area (Å²) in [5.41, 5.74) is 0.422. The van der Waals surface area contributed by atoms with E-state index in [2.05, 4.69) is 5.32 Å². The molecule has 0 radical (unpaired) electrons. The van der Waals surface area contributed by atoms with Gasteiger partial charge in [-0.05, 0) is 36.8 Å². The summed E-state index contributed by atoms with van der Waals surface area (Å²) in [5.74, 6) is -3.40. The van der Waals surface area contributed by atoms with Crippen LogP contribution in [-0.4, -0.2) is 25.1 Å². The molecule has 0 saturated carbocycles. The minimum Gasteiger partial charge on any atom is -0.449 e. The molecule has 0 bridgehead atoms. The van der Waals surface area contributed by atoms with Gasteiger partial charge in [0.15, 0.2) is 6.10 Å². The molecule has 0 aliphatic heterocycles. The van der Waals surface area contributed by atoms with E-state index in [1.807, 2.05) is 0 Å². The SMILES string of the molecule is COCc1cccc(C(=O)O[C@H](C)C(=O)Nc2c(F)cccc2F)c1. The van der Waals surface area contributed by atoms with Crippen LogP contribution in [0.25, 0.3) is 0 Å². The van der Waals surface area contributed by atoms with Gasteiger partial charge >= 0.3 is 5.97 Å². The number of hydrogen-bond acceptors (Lipinski definition) is 4. The van der Waals surface area contributed by atoms with Crippen molar-refractivity contribution >= 4 is 17.6 Å². The van der Waals surface area contributed by atoms with Gasteiger partial charge in [0.1, 0.15) is 17.3 Å². The number of halogens is 2. The number of methoxy groups -OCH3 is 1. The van der Waals surface area contributed by atoms with Crippen LogP contribution < -0.4 is 5.32 Å². The maximum absolute atomic E-state index is 13.5. The summed E-state index contributed by atoms with van der Waals surface area (Å²) in [7, 11) is 1.53. The van der Waals surface area contributed by atoms with Gasteiger partial charge in [0.05, 0.1) is 12.2 Å². The number of ether oxygens (including phenoxy) is 2.